The number of hydrogen-bond donors (Lipinski definition) is 1. The van der Waals surface area contributed by atoms with Gasteiger partial charge in [-0.25, -0.2) is 9.97 Å². The normalized spacial score (nSPS) is 12.4. The van der Waals surface area contributed by atoms with Gasteiger partial charge in [0.05, 0.1) is 0 Å². The Morgan fingerprint density at radius 1 is 1.10 bits per heavy atom. The van der Waals surface area contributed by atoms with Gasteiger partial charge in [0, 0.05) is 22.3 Å². The van der Waals surface area contributed by atoms with Gasteiger partial charge in [0.1, 0.15) is 0 Å². The minimum atomic E-state index is 0.200. The van der Waals surface area contributed by atoms with Crippen molar-refractivity contribution in [1.82, 2.24) is 9.97 Å². The molecule has 1 heterocycles. The predicted molar refractivity (Wildman–Crippen MR) is 88.8 cm³/mol. The van der Waals surface area contributed by atoms with Crippen LogP contribution in [0, 0.1) is 20.8 Å². The highest BCUT2D eigenvalue weighted by Crippen LogP contribution is 2.30. The third-order valence-electron chi connectivity index (χ3n) is 3.39. The third kappa shape index (κ3) is 4.55. The van der Waals surface area contributed by atoms with Crippen LogP contribution < -0.4 is 5.73 Å². The Bertz CT molecular complexity index is 605. The van der Waals surface area contributed by atoms with Gasteiger partial charge in [-0.3, -0.25) is 0 Å². The third-order valence-corrected chi connectivity index (χ3v) is 4.37. The molecule has 4 heteroatoms. The van der Waals surface area contributed by atoms with Crippen molar-refractivity contribution in [2.75, 3.05) is 0 Å². The predicted octanol–water partition coefficient (Wildman–Crippen LogP) is 3.83. The van der Waals surface area contributed by atoms with Crippen LogP contribution in [0.4, 0.5) is 0 Å². The lowest BCUT2D eigenvalue weighted by atomic mass is 10.0. The average molecular weight is 301 g/mol. The summed E-state index contributed by atoms with van der Waals surface area (Å²) in [5, 5.41) is 0.808. The van der Waals surface area contributed by atoms with Gasteiger partial charge in [0.25, 0.3) is 0 Å². The maximum Gasteiger partial charge on any atom is 0.192 e. The summed E-state index contributed by atoms with van der Waals surface area (Å²) in [7, 11) is 0. The second-order valence-electron chi connectivity index (χ2n) is 5.52. The fourth-order valence-electron chi connectivity index (χ4n) is 2.23. The Labute approximate surface area is 131 Å². The Morgan fingerprint density at radius 3 is 2.38 bits per heavy atom. The Morgan fingerprint density at radius 2 is 1.76 bits per heavy atom. The van der Waals surface area contributed by atoms with Gasteiger partial charge >= 0.3 is 0 Å². The zero-order valence-corrected chi connectivity index (χ0v) is 14.0. The number of aromatic nitrogens is 2. The first-order valence-corrected chi connectivity index (χ1v) is 8.15. The molecule has 3 nitrogen and oxygen atoms in total. The fourth-order valence-corrected chi connectivity index (χ4v) is 3.22. The van der Waals surface area contributed by atoms with Crippen molar-refractivity contribution >= 4 is 11.8 Å². The van der Waals surface area contributed by atoms with Gasteiger partial charge in [-0.2, -0.15) is 0 Å². The van der Waals surface area contributed by atoms with Crippen LogP contribution in [0.5, 0.6) is 0 Å². The quantitative estimate of drug-likeness (QED) is 0.853. The number of nitrogens with two attached hydrogens (primary N) is 1. The molecule has 21 heavy (non-hydrogen) atoms. The van der Waals surface area contributed by atoms with E-state index in [2.05, 4.69) is 42.0 Å². The van der Waals surface area contributed by atoms with Crippen LogP contribution in [-0.4, -0.2) is 16.0 Å². The van der Waals surface area contributed by atoms with Crippen molar-refractivity contribution in [3.8, 4) is 0 Å². The molecular formula is C17H23N3S. The smallest absolute Gasteiger partial charge is 0.192 e. The molecule has 0 amide bonds. The van der Waals surface area contributed by atoms with Crippen molar-refractivity contribution in [2.45, 2.75) is 56.6 Å². The molecule has 0 saturated heterocycles. The zero-order chi connectivity index (χ0) is 15.4. The molecule has 1 atom stereocenters. The van der Waals surface area contributed by atoms with Gasteiger partial charge in [-0.15, -0.1) is 0 Å². The second-order valence-corrected chi connectivity index (χ2v) is 6.53. The minimum absolute atomic E-state index is 0.200. The highest BCUT2D eigenvalue weighted by atomic mass is 32.2. The van der Waals surface area contributed by atoms with Crippen molar-refractivity contribution < 1.29 is 0 Å². The molecule has 1 aromatic carbocycles. The highest BCUT2D eigenvalue weighted by molar-refractivity contribution is 7.99. The molecule has 0 aliphatic rings. The molecule has 0 aliphatic carbocycles. The number of nitrogens with zero attached hydrogens (tertiary/aromatic N) is 2. The summed E-state index contributed by atoms with van der Waals surface area (Å²) < 4.78 is 0. The highest BCUT2D eigenvalue weighted by Gasteiger charge is 2.10. The first-order valence-electron chi connectivity index (χ1n) is 7.33. The van der Waals surface area contributed by atoms with E-state index in [0.717, 1.165) is 29.4 Å². The number of benzene rings is 1. The minimum Gasteiger partial charge on any atom is -0.327 e. The maximum atomic E-state index is 6.13. The largest absolute Gasteiger partial charge is 0.327 e. The lowest BCUT2D eigenvalue weighted by Crippen LogP contribution is -2.21. The summed E-state index contributed by atoms with van der Waals surface area (Å²) >= 11 is 1.63. The van der Waals surface area contributed by atoms with E-state index in [1.807, 2.05) is 19.9 Å². The molecule has 0 fully saturated rings. The molecule has 2 N–H and O–H groups in total. The molecule has 0 aliphatic heterocycles. The molecule has 0 saturated carbocycles. The van der Waals surface area contributed by atoms with Crippen LogP contribution in [0.3, 0.4) is 0 Å². The van der Waals surface area contributed by atoms with E-state index < -0.39 is 0 Å². The van der Waals surface area contributed by atoms with Crippen LogP contribution in [0.25, 0.3) is 0 Å². The summed E-state index contributed by atoms with van der Waals surface area (Å²) in [6, 6.07) is 8.70. The second kappa shape index (κ2) is 7.05. The lowest BCUT2D eigenvalue weighted by Gasteiger charge is -2.14. The molecule has 1 unspecified atom stereocenters. The van der Waals surface area contributed by atoms with Crippen molar-refractivity contribution in [3.05, 3.63) is 46.8 Å². The van der Waals surface area contributed by atoms with Crippen molar-refractivity contribution in [2.24, 2.45) is 5.73 Å². The zero-order valence-electron chi connectivity index (χ0n) is 13.2. The molecule has 2 aromatic rings. The van der Waals surface area contributed by atoms with E-state index in [-0.39, 0.29) is 6.04 Å². The Balaban J connectivity index is 2.30. The summed E-state index contributed by atoms with van der Waals surface area (Å²) in [4.78, 5) is 10.2. The summed E-state index contributed by atoms with van der Waals surface area (Å²) in [5.74, 6) is 0. The van der Waals surface area contributed by atoms with Crippen LogP contribution >= 0.6 is 11.8 Å². The summed E-state index contributed by atoms with van der Waals surface area (Å²) in [6.45, 7) is 8.24. The first-order chi connectivity index (χ1) is 9.97. The van der Waals surface area contributed by atoms with E-state index in [1.165, 1.54) is 16.0 Å². The van der Waals surface area contributed by atoms with Gasteiger partial charge in [0.15, 0.2) is 5.16 Å². The fraction of sp³-hybridized carbons (Fsp3) is 0.412. The molecule has 0 bridgehead atoms. The van der Waals surface area contributed by atoms with Gasteiger partial charge in [0.2, 0.25) is 0 Å². The Kier molecular flexibility index (Phi) is 5.37. The summed E-state index contributed by atoms with van der Waals surface area (Å²) in [5.41, 5.74) is 10.7. The molecule has 2 rings (SSSR count). The molecule has 1 aromatic heterocycles. The van der Waals surface area contributed by atoms with Gasteiger partial charge in [-0.05, 0) is 63.1 Å². The monoisotopic (exact) mass is 301 g/mol. The van der Waals surface area contributed by atoms with E-state index in [1.54, 1.807) is 11.8 Å². The lowest BCUT2D eigenvalue weighted by molar-refractivity contribution is 0.640. The maximum absolute atomic E-state index is 6.13. The van der Waals surface area contributed by atoms with Crippen LogP contribution in [0.15, 0.2) is 34.3 Å². The average Bonchev–Trinajstić information content (AvgIpc) is 2.40. The van der Waals surface area contributed by atoms with Crippen LogP contribution in [-0.2, 0) is 6.42 Å². The molecule has 0 spiro atoms. The number of hydrogen-bond acceptors (Lipinski definition) is 4. The number of rotatable bonds is 5. The number of aryl methyl sites for hydroxylation is 3. The van der Waals surface area contributed by atoms with E-state index >= 15 is 0 Å². The Hall–Kier alpha value is -1.39. The van der Waals surface area contributed by atoms with Gasteiger partial charge < -0.3 is 5.73 Å². The molecule has 0 radical (unpaired) electrons. The van der Waals surface area contributed by atoms with E-state index in [0.29, 0.717) is 0 Å². The van der Waals surface area contributed by atoms with Crippen molar-refractivity contribution in [1.29, 1.82) is 0 Å². The van der Waals surface area contributed by atoms with Gasteiger partial charge in [-0.1, -0.05) is 24.6 Å². The van der Waals surface area contributed by atoms with Crippen molar-refractivity contribution in [3.63, 3.8) is 0 Å². The van der Waals surface area contributed by atoms with E-state index in [4.69, 9.17) is 5.73 Å². The first kappa shape index (κ1) is 16.0. The standard InChI is InChI=1S/C17H23N3S/c1-5-15(18)10-14-8-11(2)6-7-16(14)21-17-19-12(3)9-13(4)20-17/h6-9,15H,5,10,18H2,1-4H3. The molecular weight excluding hydrogens is 278 g/mol. The SMILES string of the molecule is CCC(N)Cc1cc(C)ccc1Sc1nc(C)cc(C)n1. The summed E-state index contributed by atoms with van der Waals surface area (Å²) in [6.07, 6.45) is 1.88. The van der Waals surface area contributed by atoms with E-state index in [9.17, 15) is 0 Å². The topological polar surface area (TPSA) is 51.8 Å². The van der Waals surface area contributed by atoms with Crippen LogP contribution in [0.1, 0.15) is 35.9 Å². The molecule has 112 valence electrons. The van der Waals surface area contributed by atoms with Crippen LogP contribution in [0.2, 0.25) is 0 Å².